The highest BCUT2D eigenvalue weighted by molar-refractivity contribution is 5.94. The van der Waals surface area contributed by atoms with E-state index in [0.29, 0.717) is 24.5 Å². The van der Waals surface area contributed by atoms with Crippen LogP contribution in [-0.2, 0) is 20.7 Å². The van der Waals surface area contributed by atoms with Gasteiger partial charge in [-0.1, -0.05) is 30.3 Å². The third-order valence-corrected chi connectivity index (χ3v) is 3.62. The quantitative estimate of drug-likeness (QED) is 0.698. The average Bonchev–Trinajstić information content (AvgIpc) is 2.66. The Hall–Kier alpha value is -3.02. The van der Waals surface area contributed by atoms with Crippen LogP contribution in [0.3, 0.4) is 0 Å². The third-order valence-electron chi connectivity index (χ3n) is 3.62. The maximum absolute atomic E-state index is 11.9. The lowest BCUT2D eigenvalue weighted by atomic mass is 10.1. The Labute approximate surface area is 153 Å². The molecule has 0 fully saturated rings. The highest BCUT2D eigenvalue weighted by Gasteiger charge is 2.11. The van der Waals surface area contributed by atoms with Crippen LogP contribution in [0.2, 0.25) is 0 Å². The number of esters is 1. The van der Waals surface area contributed by atoms with Crippen LogP contribution in [0, 0.1) is 0 Å². The Morgan fingerprint density at radius 3 is 2.42 bits per heavy atom. The molecule has 1 N–H and O–H groups in total. The SMILES string of the molecule is CCOc1ccccc1CCC(=O)OCC(=O)Nc1ccccc1OC. The minimum absolute atomic E-state index is 0.173. The fraction of sp³-hybridized carbons (Fsp3) is 0.300. The molecule has 6 heteroatoms. The lowest BCUT2D eigenvalue weighted by molar-refractivity contribution is -0.147. The van der Waals surface area contributed by atoms with E-state index in [1.807, 2.05) is 31.2 Å². The van der Waals surface area contributed by atoms with E-state index in [1.54, 1.807) is 24.3 Å². The summed E-state index contributed by atoms with van der Waals surface area (Å²) in [4.78, 5) is 23.8. The van der Waals surface area contributed by atoms with Crippen LogP contribution in [-0.4, -0.2) is 32.2 Å². The standard InChI is InChI=1S/C20H23NO5/c1-3-25-17-10-6-4-8-15(17)12-13-20(23)26-14-19(22)21-16-9-5-7-11-18(16)24-2/h4-11H,3,12-14H2,1-2H3,(H,21,22). The van der Waals surface area contributed by atoms with E-state index in [4.69, 9.17) is 14.2 Å². The molecule has 26 heavy (non-hydrogen) atoms. The maximum atomic E-state index is 11.9. The van der Waals surface area contributed by atoms with Crippen molar-refractivity contribution in [3.05, 3.63) is 54.1 Å². The van der Waals surface area contributed by atoms with E-state index in [0.717, 1.165) is 11.3 Å². The first-order valence-electron chi connectivity index (χ1n) is 8.43. The molecule has 0 saturated heterocycles. The Bertz CT molecular complexity index is 744. The molecule has 0 bridgehead atoms. The summed E-state index contributed by atoms with van der Waals surface area (Å²) in [5, 5.41) is 2.66. The Morgan fingerprint density at radius 2 is 1.69 bits per heavy atom. The van der Waals surface area contributed by atoms with Crippen molar-refractivity contribution in [2.45, 2.75) is 19.8 Å². The molecule has 0 spiro atoms. The summed E-state index contributed by atoms with van der Waals surface area (Å²) in [6.45, 7) is 2.12. The second kappa shape index (κ2) is 10.1. The normalized spacial score (nSPS) is 10.1. The fourth-order valence-electron chi connectivity index (χ4n) is 2.40. The molecule has 138 valence electrons. The molecule has 1 amide bonds. The molecular weight excluding hydrogens is 334 g/mol. The molecule has 0 saturated carbocycles. The summed E-state index contributed by atoms with van der Waals surface area (Å²) in [5.41, 5.74) is 1.46. The number of anilines is 1. The number of carbonyl (C=O) groups is 2. The predicted molar refractivity (Wildman–Crippen MR) is 98.5 cm³/mol. The molecule has 0 heterocycles. The Morgan fingerprint density at radius 1 is 1.00 bits per heavy atom. The van der Waals surface area contributed by atoms with Gasteiger partial charge in [0.2, 0.25) is 0 Å². The lowest BCUT2D eigenvalue weighted by Gasteiger charge is -2.11. The minimum atomic E-state index is -0.438. The van der Waals surface area contributed by atoms with Crippen molar-refractivity contribution in [3.8, 4) is 11.5 Å². The number of aryl methyl sites for hydroxylation is 1. The minimum Gasteiger partial charge on any atom is -0.495 e. The first-order chi connectivity index (χ1) is 12.6. The van der Waals surface area contributed by atoms with E-state index < -0.39 is 11.9 Å². The predicted octanol–water partition coefficient (Wildman–Crippen LogP) is 3.21. The number of benzene rings is 2. The van der Waals surface area contributed by atoms with Gasteiger partial charge in [0, 0.05) is 6.42 Å². The highest BCUT2D eigenvalue weighted by atomic mass is 16.5. The first-order valence-corrected chi connectivity index (χ1v) is 8.43. The van der Waals surface area contributed by atoms with Crippen molar-refractivity contribution in [1.82, 2.24) is 0 Å². The molecule has 0 aromatic heterocycles. The van der Waals surface area contributed by atoms with Crippen LogP contribution in [0.5, 0.6) is 11.5 Å². The highest BCUT2D eigenvalue weighted by Crippen LogP contribution is 2.23. The van der Waals surface area contributed by atoms with E-state index in [1.165, 1.54) is 7.11 Å². The molecular formula is C20H23NO5. The number of ether oxygens (including phenoxy) is 3. The number of methoxy groups -OCH3 is 1. The smallest absolute Gasteiger partial charge is 0.306 e. The van der Waals surface area contributed by atoms with E-state index in [-0.39, 0.29) is 13.0 Å². The van der Waals surface area contributed by atoms with Gasteiger partial charge in [0.05, 0.1) is 19.4 Å². The summed E-state index contributed by atoms with van der Waals surface area (Å²) in [7, 11) is 1.52. The van der Waals surface area contributed by atoms with Crippen LogP contribution in [0.4, 0.5) is 5.69 Å². The topological polar surface area (TPSA) is 73.9 Å². The van der Waals surface area contributed by atoms with Gasteiger partial charge in [-0.15, -0.1) is 0 Å². The Balaban J connectivity index is 1.79. The van der Waals surface area contributed by atoms with E-state index in [2.05, 4.69) is 5.32 Å². The maximum Gasteiger partial charge on any atom is 0.306 e. The molecule has 2 aromatic carbocycles. The van der Waals surface area contributed by atoms with Crippen LogP contribution in [0.1, 0.15) is 18.9 Å². The molecule has 0 aliphatic carbocycles. The zero-order valence-corrected chi connectivity index (χ0v) is 15.0. The van der Waals surface area contributed by atoms with Crippen molar-refractivity contribution < 1.29 is 23.8 Å². The molecule has 0 unspecified atom stereocenters. The van der Waals surface area contributed by atoms with Crippen LogP contribution >= 0.6 is 0 Å². The zero-order valence-electron chi connectivity index (χ0n) is 15.0. The number of carbonyl (C=O) groups excluding carboxylic acids is 2. The van der Waals surface area contributed by atoms with Gasteiger partial charge in [0.15, 0.2) is 6.61 Å². The van der Waals surface area contributed by atoms with E-state index in [9.17, 15) is 9.59 Å². The summed E-state index contributed by atoms with van der Waals surface area (Å²) in [6, 6.07) is 14.6. The fourth-order valence-corrected chi connectivity index (χ4v) is 2.40. The molecule has 2 rings (SSSR count). The van der Waals surface area contributed by atoms with Gasteiger partial charge in [-0.25, -0.2) is 0 Å². The average molecular weight is 357 g/mol. The van der Waals surface area contributed by atoms with Crippen molar-refractivity contribution in [3.63, 3.8) is 0 Å². The number of hydrogen-bond donors (Lipinski definition) is 1. The van der Waals surface area contributed by atoms with Gasteiger partial charge in [0.1, 0.15) is 11.5 Å². The van der Waals surface area contributed by atoms with Gasteiger partial charge in [-0.05, 0) is 37.1 Å². The Kier molecular flexibility index (Phi) is 7.49. The number of hydrogen-bond acceptors (Lipinski definition) is 5. The molecule has 2 aromatic rings. The largest absolute Gasteiger partial charge is 0.495 e. The number of nitrogens with one attached hydrogen (secondary N) is 1. The van der Waals surface area contributed by atoms with Crippen LogP contribution in [0.25, 0.3) is 0 Å². The number of rotatable bonds is 9. The summed E-state index contributed by atoms with van der Waals surface area (Å²) in [6.07, 6.45) is 0.662. The number of amides is 1. The second-order valence-electron chi connectivity index (χ2n) is 5.45. The zero-order chi connectivity index (χ0) is 18.8. The van der Waals surface area contributed by atoms with Crippen molar-refractivity contribution in [1.29, 1.82) is 0 Å². The van der Waals surface area contributed by atoms with Gasteiger partial charge in [-0.2, -0.15) is 0 Å². The molecule has 0 atom stereocenters. The van der Waals surface area contributed by atoms with Gasteiger partial charge in [0.25, 0.3) is 5.91 Å². The van der Waals surface area contributed by atoms with Crippen LogP contribution < -0.4 is 14.8 Å². The molecule has 0 aliphatic rings. The van der Waals surface area contributed by atoms with Crippen molar-refractivity contribution in [2.75, 3.05) is 25.6 Å². The first kappa shape index (κ1) is 19.3. The second-order valence-corrected chi connectivity index (χ2v) is 5.45. The summed E-state index contributed by atoms with van der Waals surface area (Å²) in [5.74, 6) is 0.445. The third kappa shape index (κ3) is 5.81. The van der Waals surface area contributed by atoms with Gasteiger partial charge < -0.3 is 19.5 Å². The van der Waals surface area contributed by atoms with Gasteiger partial charge in [-0.3, -0.25) is 9.59 Å². The van der Waals surface area contributed by atoms with E-state index >= 15 is 0 Å². The van der Waals surface area contributed by atoms with Gasteiger partial charge >= 0.3 is 5.97 Å². The van der Waals surface area contributed by atoms with Crippen molar-refractivity contribution in [2.24, 2.45) is 0 Å². The van der Waals surface area contributed by atoms with Crippen LogP contribution in [0.15, 0.2) is 48.5 Å². The number of para-hydroxylation sites is 3. The summed E-state index contributed by atoms with van der Waals surface area (Å²) < 4.78 is 15.7. The molecule has 6 nitrogen and oxygen atoms in total. The summed E-state index contributed by atoms with van der Waals surface area (Å²) >= 11 is 0. The monoisotopic (exact) mass is 357 g/mol. The molecule has 0 aliphatic heterocycles. The molecule has 0 radical (unpaired) electrons. The lowest BCUT2D eigenvalue weighted by Crippen LogP contribution is -2.21. The van der Waals surface area contributed by atoms with Crippen molar-refractivity contribution >= 4 is 17.6 Å².